The molecule has 2 aromatic heterocycles. The summed E-state index contributed by atoms with van der Waals surface area (Å²) >= 11 is 0. The zero-order chi connectivity index (χ0) is 13.8. The third kappa shape index (κ3) is 3.01. The van der Waals surface area contributed by atoms with Crippen molar-refractivity contribution < 1.29 is 13.9 Å². The molecule has 1 amide bonds. The number of rotatable bonds is 2. The lowest BCUT2D eigenvalue weighted by Crippen LogP contribution is -2.13. The predicted molar refractivity (Wildman–Crippen MR) is 66.0 cm³/mol. The van der Waals surface area contributed by atoms with E-state index in [4.69, 9.17) is 0 Å². The van der Waals surface area contributed by atoms with Crippen LogP contribution >= 0.6 is 0 Å². The van der Waals surface area contributed by atoms with Gasteiger partial charge in [-0.15, -0.1) is 0 Å². The predicted octanol–water partition coefficient (Wildman–Crippen LogP) is 2.16. The van der Waals surface area contributed by atoms with E-state index in [0.29, 0.717) is 11.4 Å². The molecule has 6 nitrogen and oxygen atoms in total. The molecule has 0 unspecified atom stereocenters. The van der Waals surface area contributed by atoms with Crippen LogP contribution in [0.2, 0.25) is 0 Å². The number of ether oxygens (including phenoxy) is 1. The Balaban J connectivity index is 2.32. The summed E-state index contributed by atoms with van der Waals surface area (Å²) in [4.78, 5) is 23.1. The Hall–Kier alpha value is -2.57. The quantitative estimate of drug-likeness (QED) is 0.897. The largest absolute Gasteiger partial charge is 0.453 e. The number of carbonyl (C=O) groups excluding carboxylic acids is 1. The molecule has 7 heteroatoms. The molecule has 0 aliphatic heterocycles. The van der Waals surface area contributed by atoms with E-state index in [2.05, 4.69) is 25.0 Å². The van der Waals surface area contributed by atoms with E-state index in [1.54, 1.807) is 13.0 Å². The topological polar surface area (TPSA) is 77.0 Å². The number of methoxy groups -OCH3 is 1. The van der Waals surface area contributed by atoms with Gasteiger partial charge in [-0.1, -0.05) is 0 Å². The lowest BCUT2D eigenvalue weighted by atomic mass is 10.2. The average Bonchev–Trinajstić information content (AvgIpc) is 2.42. The van der Waals surface area contributed by atoms with E-state index < -0.39 is 6.09 Å². The molecule has 0 saturated carbocycles. The zero-order valence-corrected chi connectivity index (χ0v) is 10.3. The number of amides is 1. The van der Waals surface area contributed by atoms with Crippen LogP contribution in [0.4, 0.5) is 15.1 Å². The van der Waals surface area contributed by atoms with Gasteiger partial charge < -0.3 is 4.74 Å². The Bertz CT molecular complexity index is 618. The maximum absolute atomic E-state index is 13.1. The first-order chi connectivity index (χ1) is 9.10. The van der Waals surface area contributed by atoms with Crippen molar-refractivity contribution in [2.75, 3.05) is 12.4 Å². The number of carbonyl (C=O) groups is 1. The number of hydrogen-bond donors (Lipinski definition) is 1. The van der Waals surface area contributed by atoms with Crippen LogP contribution in [0.1, 0.15) is 5.69 Å². The first kappa shape index (κ1) is 12.9. The third-order valence-corrected chi connectivity index (χ3v) is 2.34. The number of aryl methyl sites for hydroxylation is 1. The van der Waals surface area contributed by atoms with E-state index >= 15 is 0 Å². The van der Waals surface area contributed by atoms with Crippen LogP contribution in [0.15, 0.2) is 24.4 Å². The molecule has 98 valence electrons. The Morgan fingerprint density at radius 2 is 2.00 bits per heavy atom. The van der Waals surface area contributed by atoms with Crippen LogP contribution < -0.4 is 5.32 Å². The van der Waals surface area contributed by atoms with E-state index in [0.717, 1.165) is 0 Å². The van der Waals surface area contributed by atoms with E-state index in [1.807, 2.05) is 0 Å². The summed E-state index contributed by atoms with van der Waals surface area (Å²) in [6.45, 7) is 1.56. The summed E-state index contributed by atoms with van der Waals surface area (Å²) < 4.78 is 17.6. The van der Waals surface area contributed by atoms with Crippen LogP contribution in [0.5, 0.6) is 0 Å². The second-order valence-electron chi connectivity index (χ2n) is 3.65. The minimum atomic E-state index is -0.666. The fourth-order valence-electron chi connectivity index (χ4n) is 1.39. The Morgan fingerprint density at radius 3 is 2.68 bits per heavy atom. The van der Waals surface area contributed by atoms with Gasteiger partial charge in [-0.2, -0.15) is 0 Å². The van der Waals surface area contributed by atoms with Crippen molar-refractivity contribution >= 4 is 12.0 Å². The van der Waals surface area contributed by atoms with Crippen molar-refractivity contribution in [3.8, 4) is 11.4 Å². The van der Waals surface area contributed by atoms with Gasteiger partial charge in [0, 0.05) is 6.20 Å². The summed E-state index contributed by atoms with van der Waals surface area (Å²) in [6, 6.07) is 4.43. The van der Waals surface area contributed by atoms with Gasteiger partial charge in [-0.3, -0.25) is 5.32 Å². The maximum Gasteiger partial charge on any atom is 0.413 e. The number of nitrogens with zero attached hydrogens (tertiary/aromatic N) is 3. The smallest absolute Gasteiger partial charge is 0.413 e. The van der Waals surface area contributed by atoms with Gasteiger partial charge in [-0.05, 0) is 25.1 Å². The first-order valence-corrected chi connectivity index (χ1v) is 5.41. The molecule has 2 rings (SSSR count). The number of aromatic nitrogens is 3. The number of nitrogens with one attached hydrogen (secondary N) is 1. The standard InChI is InChI=1S/C12H11FN4O2/c1-7-8(13)3-4-9(15-7)10-5-6-14-11(16-10)17-12(18)19-2/h3-6H,1-2H3,(H,14,16,17,18). The van der Waals surface area contributed by atoms with Crippen LogP contribution in [0.3, 0.4) is 0 Å². The lowest BCUT2D eigenvalue weighted by molar-refractivity contribution is 0.186. The van der Waals surface area contributed by atoms with Crippen LogP contribution in [0, 0.1) is 12.7 Å². The Morgan fingerprint density at radius 1 is 1.26 bits per heavy atom. The maximum atomic E-state index is 13.1. The van der Waals surface area contributed by atoms with Crippen molar-refractivity contribution in [3.63, 3.8) is 0 Å². The average molecular weight is 262 g/mol. The molecule has 2 aromatic rings. The van der Waals surface area contributed by atoms with Gasteiger partial charge in [0.1, 0.15) is 5.82 Å². The summed E-state index contributed by atoms with van der Waals surface area (Å²) in [6.07, 6.45) is 0.800. The van der Waals surface area contributed by atoms with Crippen molar-refractivity contribution in [2.24, 2.45) is 0 Å². The summed E-state index contributed by atoms with van der Waals surface area (Å²) in [5, 5.41) is 2.34. The first-order valence-electron chi connectivity index (χ1n) is 5.41. The normalized spacial score (nSPS) is 10.1. The summed E-state index contributed by atoms with van der Waals surface area (Å²) in [5.41, 5.74) is 1.25. The van der Waals surface area contributed by atoms with Gasteiger partial charge in [0.2, 0.25) is 5.95 Å². The second kappa shape index (κ2) is 5.38. The fourth-order valence-corrected chi connectivity index (χ4v) is 1.39. The minimum Gasteiger partial charge on any atom is -0.453 e. The molecule has 0 aliphatic carbocycles. The van der Waals surface area contributed by atoms with Gasteiger partial charge in [0.15, 0.2) is 0 Å². The molecule has 2 heterocycles. The van der Waals surface area contributed by atoms with Gasteiger partial charge in [0.25, 0.3) is 0 Å². The summed E-state index contributed by atoms with van der Waals surface area (Å²) in [7, 11) is 1.24. The summed E-state index contributed by atoms with van der Waals surface area (Å²) in [5.74, 6) is -0.293. The molecular weight excluding hydrogens is 251 g/mol. The molecule has 0 saturated heterocycles. The number of anilines is 1. The van der Waals surface area contributed by atoms with Crippen molar-refractivity contribution in [3.05, 3.63) is 35.9 Å². The molecule has 19 heavy (non-hydrogen) atoms. The van der Waals surface area contributed by atoms with E-state index in [-0.39, 0.29) is 17.5 Å². The van der Waals surface area contributed by atoms with Crippen molar-refractivity contribution in [1.29, 1.82) is 0 Å². The van der Waals surface area contributed by atoms with E-state index in [1.165, 1.54) is 25.4 Å². The Labute approximate surface area is 108 Å². The highest BCUT2D eigenvalue weighted by Crippen LogP contribution is 2.17. The van der Waals surface area contributed by atoms with E-state index in [9.17, 15) is 9.18 Å². The number of halogens is 1. The number of pyridine rings is 1. The molecule has 0 aromatic carbocycles. The van der Waals surface area contributed by atoms with Crippen LogP contribution in [-0.2, 0) is 4.74 Å². The minimum absolute atomic E-state index is 0.0909. The monoisotopic (exact) mass is 262 g/mol. The highest BCUT2D eigenvalue weighted by atomic mass is 19.1. The molecule has 0 aliphatic rings. The number of hydrogen-bond acceptors (Lipinski definition) is 5. The SMILES string of the molecule is COC(=O)Nc1nccc(-c2ccc(F)c(C)n2)n1. The molecule has 0 fully saturated rings. The Kier molecular flexibility index (Phi) is 3.65. The fraction of sp³-hybridized carbons (Fsp3) is 0.167. The third-order valence-electron chi connectivity index (χ3n) is 2.34. The van der Waals surface area contributed by atoms with Gasteiger partial charge >= 0.3 is 6.09 Å². The molecule has 0 bridgehead atoms. The van der Waals surface area contributed by atoms with Gasteiger partial charge in [0.05, 0.1) is 24.2 Å². The molecule has 0 atom stereocenters. The zero-order valence-electron chi connectivity index (χ0n) is 10.3. The molecule has 0 spiro atoms. The van der Waals surface area contributed by atoms with Gasteiger partial charge in [-0.25, -0.2) is 24.1 Å². The molecular formula is C12H11FN4O2. The second-order valence-corrected chi connectivity index (χ2v) is 3.65. The molecule has 1 N–H and O–H groups in total. The lowest BCUT2D eigenvalue weighted by Gasteiger charge is -2.05. The van der Waals surface area contributed by atoms with Crippen molar-refractivity contribution in [1.82, 2.24) is 15.0 Å². The highest BCUT2D eigenvalue weighted by molar-refractivity contribution is 5.82. The van der Waals surface area contributed by atoms with Crippen LogP contribution in [-0.4, -0.2) is 28.2 Å². The van der Waals surface area contributed by atoms with Crippen molar-refractivity contribution in [2.45, 2.75) is 6.92 Å². The highest BCUT2D eigenvalue weighted by Gasteiger charge is 2.08. The van der Waals surface area contributed by atoms with Crippen LogP contribution in [0.25, 0.3) is 11.4 Å². The molecule has 0 radical (unpaired) electrons.